The zero-order valence-corrected chi connectivity index (χ0v) is 23.6. The Balaban J connectivity index is 2.00. The largest absolute Gasteiger partial charge is 0.355 e. The van der Waals surface area contributed by atoms with Gasteiger partial charge in [0.1, 0.15) is 12.6 Å². The van der Waals surface area contributed by atoms with E-state index in [1.54, 1.807) is 80.6 Å². The monoisotopic (exact) mass is 639 g/mol. The van der Waals surface area contributed by atoms with Gasteiger partial charge in [0, 0.05) is 21.7 Å². The van der Waals surface area contributed by atoms with Gasteiger partial charge in [0.15, 0.2) is 0 Å². The topological polar surface area (TPSA) is 86.8 Å². The molecule has 7 nitrogen and oxygen atoms in total. The zero-order chi connectivity index (χ0) is 26.3. The number of nitrogens with zero attached hydrogens (tertiary/aromatic N) is 2. The number of carbonyl (C=O) groups is 2. The van der Waals surface area contributed by atoms with Crippen molar-refractivity contribution in [1.82, 2.24) is 10.2 Å². The summed E-state index contributed by atoms with van der Waals surface area (Å²) in [6.45, 7) is 3.46. The smallest absolute Gasteiger partial charge is 0.264 e. The molecule has 0 aliphatic heterocycles. The zero-order valence-electron chi connectivity index (χ0n) is 19.9. The highest BCUT2D eigenvalue weighted by Gasteiger charge is 2.32. The number of rotatable bonds is 10. The van der Waals surface area contributed by atoms with Gasteiger partial charge in [-0.15, -0.1) is 0 Å². The lowest BCUT2D eigenvalue weighted by Crippen LogP contribution is -2.51. The Morgan fingerprint density at radius 3 is 2.17 bits per heavy atom. The van der Waals surface area contributed by atoms with Crippen LogP contribution in [0.5, 0.6) is 0 Å². The van der Waals surface area contributed by atoms with E-state index in [9.17, 15) is 18.0 Å². The lowest BCUT2D eigenvalue weighted by atomic mass is 10.1. The van der Waals surface area contributed by atoms with Gasteiger partial charge >= 0.3 is 0 Å². The van der Waals surface area contributed by atoms with Crippen LogP contribution < -0.4 is 9.62 Å². The van der Waals surface area contributed by atoms with Gasteiger partial charge in [0.05, 0.1) is 10.6 Å². The van der Waals surface area contributed by atoms with Crippen molar-refractivity contribution in [3.8, 4) is 0 Å². The Morgan fingerprint density at radius 1 is 0.972 bits per heavy atom. The average molecular weight is 640 g/mol. The van der Waals surface area contributed by atoms with E-state index in [4.69, 9.17) is 11.6 Å². The number of amides is 2. The fourth-order valence-electron chi connectivity index (χ4n) is 3.55. The van der Waals surface area contributed by atoms with Crippen LogP contribution in [0.15, 0.2) is 83.8 Å². The number of benzene rings is 3. The van der Waals surface area contributed by atoms with Crippen molar-refractivity contribution < 1.29 is 18.0 Å². The second-order valence-corrected chi connectivity index (χ2v) is 11.6. The molecule has 0 aromatic heterocycles. The molecule has 0 radical (unpaired) electrons. The summed E-state index contributed by atoms with van der Waals surface area (Å²) in [7, 11) is -4.06. The van der Waals surface area contributed by atoms with Crippen molar-refractivity contribution in [3.05, 3.63) is 93.0 Å². The number of hydrogen-bond donors (Lipinski definition) is 1. The van der Waals surface area contributed by atoms with Crippen LogP contribution in [0.4, 0.5) is 5.69 Å². The lowest BCUT2D eigenvalue weighted by Gasteiger charge is -2.32. The van der Waals surface area contributed by atoms with Gasteiger partial charge in [0.2, 0.25) is 11.8 Å². The first kappa shape index (κ1) is 27.9. The number of halogens is 2. The Labute approximate surface area is 230 Å². The van der Waals surface area contributed by atoms with Gasteiger partial charge < -0.3 is 10.2 Å². The van der Waals surface area contributed by atoms with Crippen LogP contribution in [0.2, 0.25) is 5.02 Å². The number of nitrogens with one attached hydrogen (secondary N) is 1. The van der Waals surface area contributed by atoms with E-state index >= 15 is 0 Å². The molecule has 3 rings (SSSR count). The van der Waals surface area contributed by atoms with Gasteiger partial charge in [-0.2, -0.15) is 0 Å². The molecule has 3 aromatic rings. The van der Waals surface area contributed by atoms with Gasteiger partial charge in [-0.25, -0.2) is 8.42 Å². The maximum Gasteiger partial charge on any atom is 0.264 e. The third-order valence-corrected chi connectivity index (χ3v) is 8.27. The second kappa shape index (κ2) is 12.6. The molecule has 10 heteroatoms. The Bertz CT molecular complexity index is 1290. The molecule has 3 aromatic carbocycles. The average Bonchev–Trinajstić information content (AvgIpc) is 2.87. The van der Waals surface area contributed by atoms with Crippen LogP contribution >= 0.6 is 34.2 Å². The van der Waals surface area contributed by atoms with E-state index in [0.717, 1.165) is 13.4 Å². The predicted octanol–water partition coefficient (Wildman–Crippen LogP) is 4.69. The molecular weight excluding hydrogens is 613 g/mol. The first-order valence-corrected chi connectivity index (χ1v) is 14.2. The normalized spacial score (nSPS) is 12.0. The molecule has 0 aliphatic rings. The van der Waals surface area contributed by atoms with Crippen LogP contribution in [0.3, 0.4) is 0 Å². The summed E-state index contributed by atoms with van der Waals surface area (Å²) in [6, 6.07) is 20.9. The number of likely N-dealkylation sites (N-methyl/N-ethyl adjacent to an activating group) is 1. The molecule has 1 unspecified atom stereocenters. The maximum absolute atomic E-state index is 13.7. The molecule has 1 atom stereocenters. The first-order valence-electron chi connectivity index (χ1n) is 11.3. The van der Waals surface area contributed by atoms with Crippen LogP contribution in [-0.4, -0.2) is 44.3 Å². The molecule has 0 spiro atoms. The fourth-order valence-corrected chi connectivity index (χ4v) is 5.47. The minimum atomic E-state index is -4.06. The maximum atomic E-state index is 13.7. The summed E-state index contributed by atoms with van der Waals surface area (Å²) in [6.07, 6.45) is 0. The number of carbonyl (C=O) groups excluding carboxylic acids is 2. The third-order valence-electron chi connectivity index (χ3n) is 5.51. The third kappa shape index (κ3) is 6.98. The van der Waals surface area contributed by atoms with Crippen LogP contribution in [0.1, 0.15) is 19.4 Å². The van der Waals surface area contributed by atoms with Crippen molar-refractivity contribution in [1.29, 1.82) is 0 Å². The van der Waals surface area contributed by atoms with Crippen molar-refractivity contribution in [3.63, 3.8) is 0 Å². The molecule has 0 heterocycles. The highest BCUT2D eigenvalue weighted by atomic mass is 127. The molecule has 0 saturated carbocycles. The van der Waals surface area contributed by atoms with Gasteiger partial charge in [-0.3, -0.25) is 13.9 Å². The van der Waals surface area contributed by atoms with Crippen LogP contribution in [-0.2, 0) is 26.2 Å². The quantitative estimate of drug-likeness (QED) is 0.326. The van der Waals surface area contributed by atoms with E-state index in [0.29, 0.717) is 17.3 Å². The molecule has 36 heavy (non-hydrogen) atoms. The molecule has 1 N–H and O–H groups in total. The summed E-state index contributed by atoms with van der Waals surface area (Å²) in [5, 5.41) is 3.28. The Morgan fingerprint density at radius 2 is 1.58 bits per heavy atom. The molecular formula is C26H27ClIN3O4S. The minimum Gasteiger partial charge on any atom is -0.355 e. The van der Waals surface area contributed by atoms with Gasteiger partial charge in [0.25, 0.3) is 10.0 Å². The summed E-state index contributed by atoms with van der Waals surface area (Å²) >= 11 is 8.13. The van der Waals surface area contributed by atoms with Crippen LogP contribution in [0, 0.1) is 3.57 Å². The lowest BCUT2D eigenvalue weighted by molar-refractivity contribution is -0.139. The van der Waals surface area contributed by atoms with E-state index < -0.39 is 28.5 Å². The fraction of sp³-hybridized carbons (Fsp3) is 0.231. The second-order valence-electron chi connectivity index (χ2n) is 8.02. The minimum absolute atomic E-state index is 0.0670. The van der Waals surface area contributed by atoms with E-state index in [-0.39, 0.29) is 17.3 Å². The van der Waals surface area contributed by atoms with E-state index in [1.165, 1.54) is 17.0 Å². The van der Waals surface area contributed by atoms with Crippen LogP contribution in [0.25, 0.3) is 0 Å². The van der Waals surface area contributed by atoms with Crippen molar-refractivity contribution >= 4 is 61.7 Å². The summed E-state index contributed by atoms with van der Waals surface area (Å²) in [4.78, 5) is 27.8. The van der Waals surface area contributed by atoms with Crippen molar-refractivity contribution in [2.24, 2.45) is 0 Å². The standard InChI is InChI=1S/C26H27ClIN3O4S/c1-3-29-26(33)19(2)30(17-20-9-11-21(27)12-10-20)25(32)18-31(23-15-13-22(28)14-16-23)36(34,35)24-7-5-4-6-8-24/h4-16,19H,3,17-18H2,1-2H3,(H,29,33). The SMILES string of the molecule is CCNC(=O)C(C)N(Cc1ccc(Cl)cc1)C(=O)CN(c1ccc(I)cc1)S(=O)(=O)c1ccccc1. The molecule has 0 aliphatic carbocycles. The van der Waals surface area contributed by atoms with Gasteiger partial charge in [-0.1, -0.05) is 41.9 Å². The predicted molar refractivity (Wildman–Crippen MR) is 150 cm³/mol. The van der Waals surface area contributed by atoms with Crippen molar-refractivity contribution in [2.45, 2.75) is 31.3 Å². The Kier molecular flexibility index (Phi) is 9.75. The van der Waals surface area contributed by atoms with Gasteiger partial charge in [-0.05, 0) is 90.5 Å². The number of sulfonamides is 1. The first-order chi connectivity index (χ1) is 17.1. The van der Waals surface area contributed by atoms with E-state index in [2.05, 4.69) is 27.9 Å². The van der Waals surface area contributed by atoms with Crippen molar-refractivity contribution in [2.75, 3.05) is 17.4 Å². The molecule has 0 saturated heterocycles. The summed E-state index contributed by atoms with van der Waals surface area (Å²) < 4.78 is 29.3. The number of hydrogen-bond acceptors (Lipinski definition) is 4. The summed E-state index contributed by atoms with van der Waals surface area (Å²) in [5.41, 5.74) is 1.11. The Hall–Kier alpha value is -2.63. The summed E-state index contributed by atoms with van der Waals surface area (Å²) in [5.74, 6) is -0.840. The molecule has 0 bridgehead atoms. The number of anilines is 1. The molecule has 2 amide bonds. The molecule has 190 valence electrons. The highest BCUT2D eigenvalue weighted by Crippen LogP contribution is 2.25. The highest BCUT2D eigenvalue weighted by molar-refractivity contribution is 14.1. The molecule has 0 fully saturated rings. The van der Waals surface area contributed by atoms with E-state index in [1.807, 2.05) is 0 Å².